The number of rotatable bonds is 7. The zero-order valence-corrected chi connectivity index (χ0v) is 17.4. The van der Waals surface area contributed by atoms with E-state index < -0.39 is 5.97 Å². The molecule has 0 aliphatic carbocycles. The van der Waals surface area contributed by atoms with Crippen molar-refractivity contribution in [1.29, 1.82) is 0 Å². The molecule has 1 fully saturated rings. The molecule has 1 aromatic carbocycles. The third-order valence-electron chi connectivity index (χ3n) is 6.49. The van der Waals surface area contributed by atoms with E-state index in [1.165, 1.54) is 6.07 Å². The van der Waals surface area contributed by atoms with Gasteiger partial charge >= 0.3 is 5.97 Å². The van der Waals surface area contributed by atoms with Gasteiger partial charge in [0.1, 0.15) is 5.82 Å². The summed E-state index contributed by atoms with van der Waals surface area (Å²) in [7, 11) is 0. The van der Waals surface area contributed by atoms with Gasteiger partial charge in [0.15, 0.2) is 0 Å². The molecule has 1 saturated heterocycles. The molecule has 0 aromatic heterocycles. The molecule has 29 heavy (non-hydrogen) atoms. The molecule has 1 aromatic rings. The highest BCUT2D eigenvalue weighted by Gasteiger charge is 2.35. The van der Waals surface area contributed by atoms with Crippen LogP contribution in [0.25, 0.3) is 0 Å². The second kappa shape index (κ2) is 9.51. The molecule has 6 heteroatoms. The number of likely N-dealkylation sites (tertiary alicyclic amines) is 1. The lowest BCUT2D eigenvalue weighted by Crippen LogP contribution is -2.47. The number of piperidine rings is 1. The first-order valence-electron chi connectivity index (χ1n) is 10.8. The number of hydrogen-bond acceptors (Lipinski definition) is 3. The number of carboxylic acids is 1. The second-order valence-corrected chi connectivity index (χ2v) is 8.29. The van der Waals surface area contributed by atoms with E-state index in [1.54, 1.807) is 12.1 Å². The molecule has 5 nitrogen and oxygen atoms in total. The molecule has 2 aliphatic heterocycles. The van der Waals surface area contributed by atoms with Crippen molar-refractivity contribution in [1.82, 2.24) is 4.90 Å². The fraction of sp³-hybridized carbons (Fsp3) is 0.609. The van der Waals surface area contributed by atoms with E-state index in [4.69, 9.17) is 0 Å². The highest BCUT2D eigenvalue weighted by atomic mass is 19.1. The first-order valence-corrected chi connectivity index (χ1v) is 10.8. The molecule has 158 valence electrons. The van der Waals surface area contributed by atoms with Gasteiger partial charge in [-0.25, -0.2) is 4.39 Å². The fourth-order valence-corrected chi connectivity index (χ4v) is 4.77. The quantitative estimate of drug-likeness (QED) is 0.751. The van der Waals surface area contributed by atoms with Gasteiger partial charge < -0.3 is 10.0 Å². The third kappa shape index (κ3) is 5.03. The van der Waals surface area contributed by atoms with Gasteiger partial charge in [-0.05, 0) is 73.3 Å². The number of carbonyl (C=O) groups excluding carboxylic acids is 1. The summed E-state index contributed by atoms with van der Waals surface area (Å²) in [5, 5.41) is 9.36. The lowest BCUT2D eigenvalue weighted by molar-refractivity contribution is -0.141. The van der Waals surface area contributed by atoms with Crippen molar-refractivity contribution in [2.75, 3.05) is 19.6 Å². The zero-order chi connectivity index (χ0) is 21.0. The maximum Gasteiger partial charge on any atom is 0.303 e. The summed E-state index contributed by atoms with van der Waals surface area (Å²) in [5.74, 6) is -0.759. The van der Waals surface area contributed by atoms with Gasteiger partial charge in [0.2, 0.25) is 5.91 Å². The lowest BCUT2D eigenvalue weighted by Gasteiger charge is -2.40. The first-order chi connectivity index (χ1) is 13.9. The zero-order valence-electron chi connectivity index (χ0n) is 17.4. The summed E-state index contributed by atoms with van der Waals surface area (Å²) >= 11 is 0. The van der Waals surface area contributed by atoms with Crippen LogP contribution in [-0.4, -0.2) is 47.2 Å². The van der Waals surface area contributed by atoms with E-state index in [9.17, 15) is 19.1 Å². The first kappa shape index (κ1) is 21.5. The van der Waals surface area contributed by atoms with E-state index in [2.05, 4.69) is 4.99 Å². The SMILES string of the molecule is CCC(CC)C(=O)N1CC[C@@H](CC(=O)O)[C@@H](CC2=NCCc3cc(F)ccc32)C1. The van der Waals surface area contributed by atoms with Crippen molar-refractivity contribution >= 4 is 17.6 Å². The molecular formula is C23H31FN2O3. The highest BCUT2D eigenvalue weighted by molar-refractivity contribution is 6.02. The van der Waals surface area contributed by atoms with Crippen LogP contribution in [0.3, 0.4) is 0 Å². The van der Waals surface area contributed by atoms with Crippen LogP contribution in [-0.2, 0) is 16.0 Å². The summed E-state index contributed by atoms with van der Waals surface area (Å²) in [6.07, 6.45) is 3.80. The normalized spacial score (nSPS) is 21.7. The minimum absolute atomic E-state index is 0.0202. The number of carbonyl (C=O) groups is 2. The number of halogens is 1. The van der Waals surface area contributed by atoms with Gasteiger partial charge in [-0.15, -0.1) is 0 Å². The molecule has 2 atom stereocenters. The Labute approximate surface area is 172 Å². The van der Waals surface area contributed by atoms with E-state index >= 15 is 0 Å². The van der Waals surface area contributed by atoms with Crippen LogP contribution in [0, 0.1) is 23.6 Å². The van der Waals surface area contributed by atoms with Gasteiger partial charge in [0.25, 0.3) is 0 Å². The molecule has 1 N–H and O–H groups in total. The van der Waals surface area contributed by atoms with Gasteiger partial charge in [0, 0.05) is 37.7 Å². The third-order valence-corrected chi connectivity index (χ3v) is 6.49. The van der Waals surface area contributed by atoms with Crippen molar-refractivity contribution in [3.63, 3.8) is 0 Å². The minimum Gasteiger partial charge on any atom is -0.481 e. The molecule has 0 bridgehead atoms. The van der Waals surface area contributed by atoms with Gasteiger partial charge in [-0.1, -0.05) is 13.8 Å². The average Bonchev–Trinajstić information content (AvgIpc) is 2.69. The fourth-order valence-electron chi connectivity index (χ4n) is 4.77. The summed E-state index contributed by atoms with van der Waals surface area (Å²) in [4.78, 5) is 30.9. The molecule has 0 radical (unpaired) electrons. The van der Waals surface area contributed by atoms with Crippen LogP contribution in [0.1, 0.15) is 57.1 Å². The van der Waals surface area contributed by atoms with Crippen molar-refractivity contribution in [3.8, 4) is 0 Å². The Morgan fingerprint density at radius 1 is 1.28 bits per heavy atom. The monoisotopic (exact) mass is 402 g/mol. The topological polar surface area (TPSA) is 70.0 Å². The van der Waals surface area contributed by atoms with Crippen molar-refractivity contribution in [2.24, 2.45) is 22.7 Å². The Morgan fingerprint density at radius 2 is 2.03 bits per heavy atom. The average molecular weight is 403 g/mol. The number of hydrogen-bond donors (Lipinski definition) is 1. The smallest absolute Gasteiger partial charge is 0.303 e. The van der Waals surface area contributed by atoms with Crippen molar-refractivity contribution in [2.45, 2.75) is 52.4 Å². The largest absolute Gasteiger partial charge is 0.481 e. The number of carboxylic acid groups (broad SMARTS) is 1. The Balaban J connectivity index is 1.80. The Hall–Kier alpha value is -2.24. The Kier molecular flexibility index (Phi) is 7.04. The summed E-state index contributed by atoms with van der Waals surface area (Å²) in [5.41, 5.74) is 2.85. The van der Waals surface area contributed by atoms with E-state index in [0.717, 1.165) is 36.1 Å². The number of nitrogens with zero attached hydrogens (tertiary/aromatic N) is 2. The summed E-state index contributed by atoms with van der Waals surface area (Å²) in [6.45, 7) is 5.89. The standard InChI is InChI=1S/C23H31FN2O3/c1-3-15(4-2)23(29)26-10-8-16(13-22(27)28)18(14-26)12-21-20-6-5-19(24)11-17(20)7-9-25-21/h5-6,11,15-16,18H,3-4,7-10,12-14H2,1-2H3,(H,27,28)/t16-,18-/m0/s1. The molecule has 2 heterocycles. The van der Waals surface area contributed by atoms with Crippen LogP contribution in [0.2, 0.25) is 0 Å². The lowest BCUT2D eigenvalue weighted by atomic mass is 9.78. The second-order valence-electron chi connectivity index (χ2n) is 8.29. The molecule has 0 unspecified atom stereocenters. The predicted molar refractivity (Wildman–Crippen MR) is 111 cm³/mol. The van der Waals surface area contributed by atoms with E-state index in [0.29, 0.717) is 32.5 Å². The van der Waals surface area contributed by atoms with E-state index in [1.807, 2.05) is 18.7 Å². The molecule has 3 rings (SSSR count). The highest BCUT2D eigenvalue weighted by Crippen LogP contribution is 2.33. The van der Waals surface area contributed by atoms with Crippen molar-refractivity contribution < 1.29 is 19.1 Å². The van der Waals surface area contributed by atoms with Gasteiger partial charge in [-0.3, -0.25) is 14.6 Å². The minimum atomic E-state index is -0.798. The summed E-state index contributed by atoms with van der Waals surface area (Å²) < 4.78 is 13.6. The van der Waals surface area contributed by atoms with Crippen LogP contribution in [0.4, 0.5) is 4.39 Å². The van der Waals surface area contributed by atoms with Crippen LogP contribution in [0.5, 0.6) is 0 Å². The van der Waals surface area contributed by atoms with Crippen LogP contribution >= 0.6 is 0 Å². The number of amides is 1. The van der Waals surface area contributed by atoms with Crippen LogP contribution in [0.15, 0.2) is 23.2 Å². The number of fused-ring (bicyclic) bond motifs is 1. The van der Waals surface area contributed by atoms with Gasteiger partial charge in [0.05, 0.1) is 0 Å². The van der Waals surface area contributed by atoms with Crippen LogP contribution < -0.4 is 0 Å². The Morgan fingerprint density at radius 3 is 2.72 bits per heavy atom. The number of aliphatic imine (C=N–C) groups is 1. The maximum absolute atomic E-state index is 13.6. The predicted octanol–water partition coefficient (Wildman–Crippen LogP) is 3.94. The number of aliphatic carboxylic acids is 1. The number of benzene rings is 1. The molecule has 2 aliphatic rings. The summed E-state index contributed by atoms with van der Waals surface area (Å²) in [6, 6.07) is 4.81. The molecular weight excluding hydrogens is 371 g/mol. The molecule has 1 amide bonds. The molecule has 0 spiro atoms. The maximum atomic E-state index is 13.6. The van der Waals surface area contributed by atoms with Crippen molar-refractivity contribution in [3.05, 3.63) is 35.1 Å². The molecule has 0 saturated carbocycles. The van der Waals surface area contributed by atoms with Gasteiger partial charge in [-0.2, -0.15) is 0 Å². The van der Waals surface area contributed by atoms with E-state index in [-0.39, 0.29) is 35.9 Å². The Bertz CT molecular complexity index is 788.